The van der Waals surface area contributed by atoms with Gasteiger partial charge in [-0.15, -0.1) is 11.3 Å². The number of nitrogens with one attached hydrogen (secondary N) is 1. The summed E-state index contributed by atoms with van der Waals surface area (Å²) in [7, 11) is 0. The van der Waals surface area contributed by atoms with E-state index in [4.69, 9.17) is 12.2 Å². The van der Waals surface area contributed by atoms with Crippen LogP contribution >= 0.6 is 23.6 Å². The third kappa shape index (κ3) is 3.32. The molecule has 0 radical (unpaired) electrons. The third-order valence-corrected chi connectivity index (χ3v) is 5.98. The van der Waals surface area contributed by atoms with Crippen LogP contribution in [0.2, 0.25) is 0 Å². The van der Waals surface area contributed by atoms with E-state index in [1.54, 1.807) is 11.3 Å². The molecule has 0 aliphatic heterocycles. The number of thiophene rings is 1. The molecule has 2 aromatic heterocycles. The lowest BCUT2D eigenvalue weighted by molar-refractivity contribution is -0.137. The Morgan fingerprint density at radius 3 is 2.88 bits per heavy atom. The van der Waals surface area contributed by atoms with Crippen molar-refractivity contribution in [2.45, 2.75) is 58.0 Å². The molecule has 1 aliphatic rings. The van der Waals surface area contributed by atoms with Gasteiger partial charge in [0.1, 0.15) is 6.04 Å². The fraction of sp³-hybridized carbons (Fsp3) is 0.588. The van der Waals surface area contributed by atoms with Gasteiger partial charge in [-0.05, 0) is 50.4 Å². The van der Waals surface area contributed by atoms with E-state index in [2.05, 4.69) is 17.1 Å². The number of likely N-dealkylation sites (N-methyl/N-ethyl adjacent to an activating group) is 1. The fourth-order valence-corrected chi connectivity index (χ4v) is 4.58. The first kappa shape index (κ1) is 17.4. The molecule has 2 heterocycles. The van der Waals surface area contributed by atoms with Crippen LogP contribution in [0, 0.1) is 4.77 Å². The molecule has 0 bridgehead atoms. The van der Waals surface area contributed by atoms with Crippen LogP contribution in [0.4, 0.5) is 0 Å². The Bertz CT molecular complexity index is 728. The molecule has 3 rings (SSSR count). The van der Waals surface area contributed by atoms with Crippen molar-refractivity contribution in [2.24, 2.45) is 0 Å². The topological polar surface area (TPSA) is 53.9 Å². The lowest BCUT2D eigenvalue weighted by atomic mass is 9.94. The molecular formula is C17H24N4OS2. The Morgan fingerprint density at radius 1 is 1.50 bits per heavy atom. The molecule has 1 amide bonds. The lowest BCUT2D eigenvalue weighted by Gasteiger charge is -2.35. The number of H-pyrrole nitrogens is 1. The van der Waals surface area contributed by atoms with Gasteiger partial charge in [0.15, 0.2) is 10.6 Å². The first-order valence-corrected chi connectivity index (χ1v) is 9.93. The molecule has 0 saturated heterocycles. The molecule has 1 aliphatic carbocycles. The Morgan fingerprint density at radius 2 is 2.25 bits per heavy atom. The molecule has 0 spiro atoms. The molecular weight excluding hydrogens is 340 g/mol. The summed E-state index contributed by atoms with van der Waals surface area (Å²) in [5.41, 5.74) is 0. The third-order valence-electron chi connectivity index (χ3n) is 4.83. The van der Waals surface area contributed by atoms with E-state index in [0.29, 0.717) is 10.8 Å². The molecule has 130 valence electrons. The molecule has 1 atom stereocenters. The van der Waals surface area contributed by atoms with Crippen molar-refractivity contribution in [3.63, 3.8) is 0 Å². The van der Waals surface area contributed by atoms with Crippen LogP contribution in [0.1, 0.15) is 52.0 Å². The molecule has 2 aromatic rings. The van der Waals surface area contributed by atoms with Crippen molar-refractivity contribution in [3.8, 4) is 10.7 Å². The summed E-state index contributed by atoms with van der Waals surface area (Å²) < 4.78 is 2.36. The fourth-order valence-electron chi connectivity index (χ4n) is 3.58. The van der Waals surface area contributed by atoms with E-state index < -0.39 is 0 Å². The number of nitrogens with zero attached hydrogens (tertiary/aromatic N) is 3. The van der Waals surface area contributed by atoms with Gasteiger partial charge in [0, 0.05) is 12.6 Å². The maximum atomic E-state index is 13.2. The van der Waals surface area contributed by atoms with E-state index >= 15 is 0 Å². The Labute approximate surface area is 151 Å². The van der Waals surface area contributed by atoms with Crippen molar-refractivity contribution < 1.29 is 4.79 Å². The molecule has 1 saturated carbocycles. The van der Waals surface area contributed by atoms with E-state index in [-0.39, 0.29) is 11.9 Å². The number of carbonyl (C=O) groups excluding carboxylic acids is 1. The minimum absolute atomic E-state index is 0.139. The van der Waals surface area contributed by atoms with Crippen LogP contribution in [-0.4, -0.2) is 38.2 Å². The maximum absolute atomic E-state index is 13.2. The standard InChI is InChI=1S/C17H24N4OS2/c1-3-20(13-8-5-4-6-9-13)16(22)12(2)21-15(18-19-17(21)23)14-10-7-11-24-14/h7,10-13H,3-6,8-9H2,1-2H3,(H,19,23). The number of carbonyl (C=O) groups is 1. The van der Waals surface area contributed by atoms with Gasteiger partial charge in [0.2, 0.25) is 5.91 Å². The van der Waals surface area contributed by atoms with Gasteiger partial charge in [-0.25, -0.2) is 0 Å². The second-order valence-corrected chi connectivity index (χ2v) is 7.63. The average Bonchev–Trinajstić information content (AvgIpc) is 3.25. The van der Waals surface area contributed by atoms with Gasteiger partial charge < -0.3 is 4.90 Å². The Hall–Kier alpha value is -1.47. The quantitative estimate of drug-likeness (QED) is 0.800. The second-order valence-electron chi connectivity index (χ2n) is 6.29. The minimum atomic E-state index is -0.352. The lowest BCUT2D eigenvalue weighted by Crippen LogP contribution is -2.44. The molecule has 7 heteroatoms. The zero-order chi connectivity index (χ0) is 17.1. The van der Waals surface area contributed by atoms with Crippen LogP contribution in [0.5, 0.6) is 0 Å². The van der Waals surface area contributed by atoms with Crippen molar-refractivity contribution in [3.05, 3.63) is 22.3 Å². The SMILES string of the molecule is CCN(C(=O)C(C)n1c(-c2cccs2)n[nH]c1=S)C1CCCCC1. The smallest absolute Gasteiger partial charge is 0.245 e. The second kappa shape index (κ2) is 7.61. The summed E-state index contributed by atoms with van der Waals surface area (Å²) in [4.78, 5) is 16.2. The zero-order valence-electron chi connectivity index (χ0n) is 14.2. The molecule has 5 nitrogen and oxygen atoms in total. The predicted molar refractivity (Wildman–Crippen MR) is 99.7 cm³/mol. The van der Waals surface area contributed by atoms with Crippen molar-refractivity contribution in [1.82, 2.24) is 19.7 Å². The largest absolute Gasteiger partial charge is 0.338 e. The van der Waals surface area contributed by atoms with E-state index in [1.807, 2.05) is 33.9 Å². The number of amides is 1. The summed E-state index contributed by atoms with van der Waals surface area (Å²) in [6.07, 6.45) is 5.94. The monoisotopic (exact) mass is 364 g/mol. The molecule has 1 N–H and O–H groups in total. The van der Waals surface area contributed by atoms with E-state index in [9.17, 15) is 4.79 Å². The summed E-state index contributed by atoms with van der Waals surface area (Å²) in [5.74, 6) is 0.884. The van der Waals surface area contributed by atoms with Gasteiger partial charge >= 0.3 is 0 Å². The van der Waals surface area contributed by atoms with Crippen LogP contribution in [0.15, 0.2) is 17.5 Å². The van der Waals surface area contributed by atoms with E-state index in [1.165, 1.54) is 19.3 Å². The molecule has 1 fully saturated rings. The van der Waals surface area contributed by atoms with Crippen LogP contribution in [0.25, 0.3) is 10.7 Å². The Kier molecular flexibility index (Phi) is 5.50. The molecule has 1 unspecified atom stereocenters. The van der Waals surface area contributed by atoms with Crippen molar-refractivity contribution in [2.75, 3.05) is 6.54 Å². The molecule has 0 aromatic carbocycles. The van der Waals surface area contributed by atoms with Gasteiger partial charge in [0.25, 0.3) is 0 Å². The number of rotatable bonds is 5. The van der Waals surface area contributed by atoms with Crippen molar-refractivity contribution in [1.29, 1.82) is 0 Å². The summed E-state index contributed by atoms with van der Waals surface area (Å²) in [6, 6.07) is 4.00. The summed E-state index contributed by atoms with van der Waals surface area (Å²) in [5, 5.41) is 9.20. The van der Waals surface area contributed by atoms with Gasteiger partial charge in [0.05, 0.1) is 4.88 Å². The first-order valence-electron chi connectivity index (χ1n) is 8.64. The maximum Gasteiger partial charge on any atom is 0.245 e. The van der Waals surface area contributed by atoms with Crippen LogP contribution in [0.3, 0.4) is 0 Å². The van der Waals surface area contributed by atoms with Gasteiger partial charge in [-0.1, -0.05) is 25.3 Å². The van der Waals surface area contributed by atoms with Crippen molar-refractivity contribution >= 4 is 29.5 Å². The summed E-state index contributed by atoms with van der Waals surface area (Å²) in [6.45, 7) is 4.73. The predicted octanol–water partition coefficient (Wildman–Crippen LogP) is 4.41. The Balaban J connectivity index is 1.88. The highest BCUT2D eigenvalue weighted by Gasteiger charge is 2.30. The zero-order valence-corrected chi connectivity index (χ0v) is 15.8. The first-order chi connectivity index (χ1) is 11.6. The van der Waals surface area contributed by atoms with E-state index in [0.717, 1.165) is 30.1 Å². The summed E-state index contributed by atoms with van der Waals surface area (Å²) >= 11 is 7.00. The molecule has 24 heavy (non-hydrogen) atoms. The van der Waals surface area contributed by atoms with Gasteiger partial charge in [-0.3, -0.25) is 14.5 Å². The van der Waals surface area contributed by atoms with Gasteiger partial charge in [-0.2, -0.15) is 5.10 Å². The minimum Gasteiger partial charge on any atom is -0.338 e. The van der Waals surface area contributed by atoms with Crippen LogP contribution < -0.4 is 0 Å². The number of hydrogen-bond donors (Lipinski definition) is 1. The highest BCUT2D eigenvalue weighted by atomic mass is 32.1. The average molecular weight is 365 g/mol. The normalized spacial score (nSPS) is 16.9. The number of aromatic amines is 1. The highest BCUT2D eigenvalue weighted by Crippen LogP contribution is 2.28. The number of aromatic nitrogens is 3. The van der Waals surface area contributed by atoms with Crippen LogP contribution in [-0.2, 0) is 4.79 Å². The number of hydrogen-bond acceptors (Lipinski definition) is 4. The highest BCUT2D eigenvalue weighted by molar-refractivity contribution is 7.71.